The molecule has 0 atom stereocenters. The van der Waals surface area contributed by atoms with Crippen molar-refractivity contribution in [1.82, 2.24) is 0 Å². The van der Waals surface area contributed by atoms with Crippen molar-refractivity contribution in [3.8, 4) is 5.75 Å². The Kier molecular flexibility index (Phi) is 2.44. The average Bonchev–Trinajstić information content (AvgIpc) is 2.85. The van der Waals surface area contributed by atoms with Gasteiger partial charge in [0.2, 0.25) is 5.52 Å². The molecule has 0 bridgehead atoms. The van der Waals surface area contributed by atoms with Crippen LogP contribution in [0.3, 0.4) is 0 Å². The minimum Gasteiger partial charge on any atom is -0.497 e. The topological polar surface area (TPSA) is 13.1 Å². The molecule has 3 heteroatoms. The van der Waals surface area contributed by atoms with Crippen molar-refractivity contribution in [3.63, 3.8) is 0 Å². The zero-order valence-electron chi connectivity index (χ0n) is 11.4. The summed E-state index contributed by atoms with van der Waals surface area (Å²) in [6.45, 7) is 0. The first kappa shape index (κ1) is 11.7. The van der Waals surface area contributed by atoms with Crippen LogP contribution in [0.25, 0.3) is 31.1 Å². The van der Waals surface area contributed by atoms with Gasteiger partial charge in [-0.15, -0.1) is 11.3 Å². The van der Waals surface area contributed by atoms with Gasteiger partial charge in [0.25, 0.3) is 0 Å². The predicted octanol–water partition coefficient (Wildman–Crippen LogP) is 4.04. The molecule has 0 saturated carbocycles. The number of nitrogens with zero attached hydrogens (tertiary/aromatic N) is 1. The number of thiophene rings is 1. The van der Waals surface area contributed by atoms with Gasteiger partial charge < -0.3 is 4.74 Å². The van der Waals surface area contributed by atoms with Gasteiger partial charge in [-0.05, 0) is 18.2 Å². The quantitative estimate of drug-likeness (QED) is 0.480. The van der Waals surface area contributed by atoms with Crippen molar-refractivity contribution in [3.05, 3.63) is 48.7 Å². The molecule has 98 valence electrons. The lowest BCUT2D eigenvalue weighted by atomic mass is 10.1. The first-order chi connectivity index (χ1) is 9.78. The molecular formula is C17H14NOS+. The second-order valence-electron chi connectivity index (χ2n) is 4.96. The average molecular weight is 280 g/mol. The normalized spacial score (nSPS) is 11.5. The molecule has 4 rings (SSSR count). The third kappa shape index (κ3) is 1.53. The van der Waals surface area contributed by atoms with Crippen molar-refractivity contribution in [2.24, 2.45) is 7.05 Å². The monoisotopic (exact) mass is 280 g/mol. The molecule has 0 unspecified atom stereocenters. The summed E-state index contributed by atoms with van der Waals surface area (Å²) >= 11 is 1.85. The summed E-state index contributed by atoms with van der Waals surface area (Å²) in [5.41, 5.74) is 1.19. The zero-order chi connectivity index (χ0) is 13.7. The summed E-state index contributed by atoms with van der Waals surface area (Å²) in [5.74, 6) is 0.895. The van der Waals surface area contributed by atoms with Crippen molar-refractivity contribution in [1.29, 1.82) is 0 Å². The van der Waals surface area contributed by atoms with Crippen molar-refractivity contribution < 1.29 is 9.30 Å². The summed E-state index contributed by atoms with van der Waals surface area (Å²) in [6, 6.07) is 14.9. The van der Waals surface area contributed by atoms with Gasteiger partial charge in [-0.25, -0.2) is 0 Å². The molecule has 4 aromatic rings. The smallest absolute Gasteiger partial charge is 0.216 e. The molecule has 2 nitrogen and oxygen atoms in total. The van der Waals surface area contributed by atoms with Gasteiger partial charge >= 0.3 is 0 Å². The molecule has 0 saturated heterocycles. The lowest BCUT2D eigenvalue weighted by molar-refractivity contribution is -0.643. The molecule has 20 heavy (non-hydrogen) atoms. The summed E-state index contributed by atoms with van der Waals surface area (Å²) in [4.78, 5) is 0. The number of ether oxygens (including phenoxy) is 1. The Bertz CT molecular complexity index is 955. The highest BCUT2D eigenvalue weighted by atomic mass is 32.1. The number of hydrogen-bond donors (Lipinski definition) is 0. The Morgan fingerprint density at radius 3 is 2.70 bits per heavy atom. The molecule has 0 radical (unpaired) electrons. The van der Waals surface area contributed by atoms with E-state index in [1.54, 1.807) is 7.11 Å². The molecular weight excluding hydrogens is 266 g/mol. The summed E-state index contributed by atoms with van der Waals surface area (Å²) < 4.78 is 10.2. The minimum absolute atomic E-state index is 0.895. The Morgan fingerprint density at radius 2 is 1.85 bits per heavy atom. The molecule has 0 aliphatic carbocycles. The Balaban J connectivity index is 2.27. The molecule has 0 fully saturated rings. The van der Waals surface area contributed by atoms with Crippen LogP contribution in [0, 0.1) is 0 Å². The fourth-order valence-corrected chi connectivity index (χ4v) is 4.02. The van der Waals surface area contributed by atoms with Crippen molar-refractivity contribution >= 4 is 42.4 Å². The highest BCUT2D eigenvalue weighted by Crippen LogP contribution is 2.37. The number of aromatic nitrogens is 1. The molecule has 0 aliphatic rings. The lowest BCUT2D eigenvalue weighted by Gasteiger charge is -2.03. The van der Waals surface area contributed by atoms with E-state index in [1.165, 1.54) is 31.1 Å². The maximum Gasteiger partial charge on any atom is 0.216 e. The van der Waals surface area contributed by atoms with Gasteiger partial charge in [-0.3, -0.25) is 0 Å². The van der Waals surface area contributed by atoms with E-state index in [4.69, 9.17) is 4.74 Å². The molecule has 0 amide bonds. The fraction of sp³-hybridized carbons (Fsp3) is 0.118. The first-order valence-electron chi connectivity index (χ1n) is 6.55. The molecule has 0 aliphatic heterocycles. The van der Waals surface area contributed by atoms with E-state index >= 15 is 0 Å². The summed E-state index contributed by atoms with van der Waals surface area (Å²) in [6.07, 6.45) is 2.21. The Labute approximate surface area is 120 Å². The van der Waals surface area contributed by atoms with Gasteiger partial charge in [0.1, 0.15) is 17.5 Å². The molecule has 2 aromatic carbocycles. The van der Waals surface area contributed by atoms with Crippen LogP contribution in [-0.2, 0) is 7.05 Å². The van der Waals surface area contributed by atoms with Crippen LogP contribution in [0.15, 0.2) is 48.7 Å². The maximum absolute atomic E-state index is 5.35. The van der Waals surface area contributed by atoms with Crippen LogP contribution < -0.4 is 9.30 Å². The van der Waals surface area contributed by atoms with E-state index < -0.39 is 0 Å². The van der Waals surface area contributed by atoms with E-state index in [-0.39, 0.29) is 0 Å². The summed E-state index contributed by atoms with van der Waals surface area (Å²) in [5, 5.41) is 3.97. The first-order valence-corrected chi connectivity index (χ1v) is 7.37. The summed E-state index contributed by atoms with van der Waals surface area (Å²) in [7, 11) is 3.80. The SMILES string of the molecule is COc1ccc2c3c(c[n+](C)c2c1)sc1ccccc13. The minimum atomic E-state index is 0.895. The zero-order valence-corrected chi connectivity index (χ0v) is 12.2. The largest absolute Gasteiger partial charge is 0.497 e. The fourth-order valence-electron chi connectivity index (χ4n) is 2.82. The van der Waals surface area contributed by atoms with Gasteiger partial charge in [0, 0.05) is 15.5 Å². The number of benzene rings is 2. The van der Waals surface area contributed by atoms with Crippen LogP contribution in [0.1, 0.15) is 0 Å². The molecule has 0 N–H and O–H groups in total. The van der Waals surface area contributed by atoms with Gasteiger partial charge in [-0.1, -0.05) is 18.2 Å². The third-order valence-electron chi connectivity index (χ3n) is 3.79. The number of methoxy groups -OCH3 is 1. The Hall–Kier alpha value is -2.13. The number of fused-ring (bicyclic) bond motifs is 5. The van der Waals surface area contributed by atoms with Crippen LogP contribution >= 0.6 is 11.3 Å². The maximum atomic E-state index is 5.35. The highest BCUT2D eigenvalue weighted by Gasteiger charge is 2.15. The molecule has 0 spiro atoms. The van der Waals surface area contributed by atoms with E-state index in [2.05, 4.69) is 54.2 Å². The molecule has 2 heterocycles. The van der Waals surface area contributed by atoms with Crippen LogP contribution in [-0.4, -0.2) is 7.11 Å². The number of aryl methyl sites for hydroxylation is 1. The van der Waals surface area contributed by atoms with Gasteiger partial charge in [0.15, 0.2) is 6.20 Å². The number of rotatable bonds is 1. The van der Waals surface area contributed by atoms with E-state index in [0.29, 0.717) is 0 Å². The number of pyridine rings is 1. The van der Waals surface area contributed by atoms with Crippen LogP contribution in [0.5, 0.6) is 5.75 Å². The predicted molar refractivity (Wildman–Crippen MR) is 84.6 cm³/mol. The van der Waals surface area contributed by atoms with Gasteiger partial charge in [0.05, 0.1) is 18.6 Å². The number of hydrogen-bond acceptors (Lipinski definition) is 2. The van der Waals surface area contributed by atoms with Crippen LogP contribution in [0.4, 0.5) is 0 Å². The van der Waals surface area contributed by atoms with E-state index in [1.807, 2.05) is 17.4 Å². The lowest BCUT2D eigenvalue weighted by Crippen LogP contribution is -2.28. The van der Waals surface area contributed by atoms with Gasteiger partial charge in [-0.2, -0.15) is 4.57 Å². The van der Waals surface area contributed by atoms with Crippen molar-refractivity contribution in [2.75, 3.05) is 7.11 Å². The Morgan fingerprint density at radius 1 is 1.00 bits per heavy atom. The second kappa shape index (κ2) is 4.18. The van der Waals surface area contributed by atoms with E-state index in [0.717, 1.165) is 5.75 Å². The second-order valence-corrected chi connectivity index (χ2v) is 6.04. The van der Waals surface area contributed by atoms with Crippen LogP contribution in [0.2, 0.25) is 0 Å². The molecule has 2 aromatic heterocycles. The van der Waals surface area contributed by atoms with E-state index in [9.17, 15) is 0 Å². The van der Waals surface area contributed by atoms with Crippen molar-refractivity contribution in [2.45, 2.75) is 0 Å². The third-order valence-corrected chi connectivity index (χ3v) is 4.89. The standard InChI is InChI=1S/C17H14NOS/c1-18-10-16-17(13-5-3-4-6-15(13)20-16)12-8-7-11(19-2)9-14(12)18/h3-10H,1-2H3/q+1. The highest BCUT2D eigenvalue weighted by molar-refractivity contribution is 7.26.